The molecule has 2 aliphatic rings. The first kappa shape index (κ1) is 54.1. The zero-order valence-electron chi connectivity index (χ0n) is 41.6. The zero-order chi connectivity index (χ0) is 53.0. The maximum Gasteiger partial charge on any atom is 0.417 e. The van der Waals surface area contributed by atoms with Crippen molar-refractivity contribution >= 4 is 63.7 Å². The molecule has 1 aromatic heterocycles. The number of aliphatic hydroxyl groups excluding tert-OH is 1. The van der Waals surface area contributed by atoms with Crippen LogP contribution >= 0.6 is 23.6 Å². The lowest BCUT2D eigenvalue weighted by Gasteiger charge is -2.35. The van der Waals surface area contributed by atoms with E-state index in [2.05, 4.69) is 15.6 Å². The van der Waals surface area contributed by atoms with Gasteiger partial charge in [0.05, 0.1) is 51.2 Å². The molecule has 4 atom stereocenters. The number of thiocarbonyl (C=S) groups is 1. The van der Waals surface area contributed by atoms with E-state index in [4.69, 9.17) is 21.7 Å². The Balaban J connectivity index is 0.855. The van der Waals surface area contributed by atoms with Crippen LogP contribution in [-0.4, -0.2) is 93.3 Å². The molecule has 0 unspecified atom stereocenters. The van der Waals surface area contributed by atoms with Gasteiger partial charge in [0, 0.05) is 31.8 Å². The van der Waals surface area contributed by atoms with Crippen molar-refractivity contribution in [2.75, 3.05) is 29.6 Å². The number of amides is 4. The molecule has 0 saturated carbocycles. The molecular weight excluding hydrogens is 980 g/mol. The topological polar surface area (TPSA) is 177 Å². The summed E-state index contributed by atoms with van der Waals surface area (Å²) in [6.07, 6.45) is -4.61. The van der Waals surface area contributed by atoms with Crippen LogP contribution < -0.4 is 25.2 Å². The number of thiazole rings is 1. The predicted octanol–water partition coefficient (Wildman–Crippen LogP) is 8.97. The number of nitriles is 1. The zero-order valence-corrected chi connectivity index (χ0v) is 43.2. The van der Waals surface area contributed by atoms with Crippen molar-refractivity contribution in [1.29, 1.82) is 5.26 Å². The number of benzene rings is 4. The molecule has 384 valence electrons. The monoisotopic (exact) mass is 1040 g/mol. The third kappa shape index (κ3) is 12.4. The van der Waals surface area contributed by atoms with Crippen LogP contribution in [0.5, 0.6) is 5.75 Å². The quantitative estimate of drug-likeness (QED) is 0.0599. The smallest absolute Gasteiger partial charge is 0.417 e. The number of β-amino-alcohol motifs (C(OH)–C–C–N with tert-alkyl or cyclic N) is 1. The second kappa shape index (κ2) is 22.2. The number of aliphatic hydroxyl groups is 1. The van der Waals surface area contributed by atoms with E-state index in [-0.39, 0.29) is 55.5 Å². The minimum Gasteiger partial charge on any atom is -0.491 e. The largest absolute Gasteiger partial charge is 0.491 e. The van der Waals surface area contributed by atoms with Gasteiger partial charge < -0.3 is 35.0 Å². The van der Waals surface area contributed by atoms with Crippen LogP contribution in [0, 0.1) is 23.7 Å². The maximum absolute atomic E-state index is 14.0. The number of hydrogen-bond donors (Lipinski definition) is 3. The number of alkyl halides is 3. The molecule has 3 N–H and O–H groups in total. The Morgan fingerprint density at radius 1 is 0.973 bits per heavy atom. The first-order valence-corrected chi connectivity index (χ1v) is 25.1. The number of anilines is 2. The molecule has 2 fully saturated rings. The van der Waals surface area contributed by atoms with Gasteiger partial charge in [-0.25, -0.2) is 4.98 Å². The lowest BCUT2D eigenvalue weighted by molar-refractivity contribution is -0.144. The van der Waals surface area contributed by atoms with Crippen LogP contribution in [0.15, 0.2) is 96.5 Å². The van der Waals surface area contributed by atoms with Crippen molar-refractivity contribution < 1.29 is 46.9 Å². The van der Waals surface area contributed by atoms with Gasteiger partial charge in [0.2, 0.25) is 17.7 Å². The van der Waals surface area contributed by atoms with Crippen LogP contribution in [0.4, 0.5) is 24.5 Å². The Kier molecular flexibility index (Phi) is 16.4. The first-order valence-electron chi connectivity index (χ1n) is 23.8. The molecule has 19 heteroatoms. The molecule has 4 amide bonds. The third-order valence-electron chi connectivity index (χ3n) is 12.8. The maximum atomic E-state index is 14.0. The summed E-state index contributed by atoms with van der Waals surface area (Å²) in [5, 5.41) is 25.6. The van der Waals surface area contributed by atoms with Crippen LogP contribution in [0.3, 0.4) is 0 Å². The number of carbonyl (C=O) groups is 4. The predicted molar refractivity (Wildman–Crippen MR) is 276 cm³/mol. The lowest BCUT2D eigenvalue weighted by atomic mass is 9.85. The molecule has 14 nitrogen and oxygen atoms in total. The molecular formula is C54H58F3N7O7S2. The molecule has 73 heavy (non-hydrogen) atoms. The molecule has 5 aromatic rings. The van der Waals surface area contributed by atoms with Crippen molar-refractivity contribution in [2.24, 2.45) is 5.41 Å². The lowest BCUT2D eigenvalue weighted by Crippen LogP contribution is -2.58. The Morgan fingerprint density at radius 3 is 2.21 bits per heavy atom. The Hall–Kier alpha value is -6.72. The number of nitrogens with one attached hydrogen (secondary N) is 2. The second-order valence-electron chi connectivity index (χ2n) is 19.8. The van der Waals surface area contributed by atoms with Crippen molar-refractivity contribution in [2.45, 2.75) is 110 Å². The molecule has 0 aliphatic carbocycles. The summed E-state index contributed by atoms with van der Waals surface area (Å²) < 4.78 is 53.2. The number of carbonyl (C=O) groups excluding carboxylic acids is 4. The van der Waals surface area contributed by atoms with E-state index >= 15 is 0 Å². The molecule has 4 aromatic carbocycles. The normalized spacial score (nSPS) is 17.6. The van der Waals surface area contributed by atoms with Gasteiger partial charge in [0.1, 0.15) is 30.0 Å². The molecule has 0 spiro atoms. The summed E-state index contributed by atoms with van der Waals surface area (Å²) >= 11 is 7.24. The van der Waals surface area contributed by atoms with Crippen LogP contribution in [0.25, 0.3) is 21.6 Å². The van der Waals surface area contributed by atoms with Gasteiger partial charge in [0.15, 0.2) is 5.11 Å². The average Bonchev–Trinajstić information content (AvgIpc) is 4.01. The molecule has 0 bridgehead atoms. The standard InChI is InChI=1S/C54H58F3N7O7S2/c1-32(71-42-22-17-36(18-23-42)35-14-19-39(20-15-35)64-51(72)63(50(69)53(64,6)7)40-21-16-38(27-58)43(25-40)54(55,56)57)9-8-24-70-30-45(66)61-47(52(3,4)5)49(68)62-29-41(65)26-44(62)48(67)59-28-34-10-12-37(13-11-34)46-33(2)60-31-73-46/h10-23,25,31-32,41,44,47,65H,8-9,24,26,28-30H2,1-7H3,(H,59,67)(H,61,66)/t32-,41+,44-,47+/m0/s1. The van der Waals surface area contributed by atoms with Gasteiger partial charge in [-0.1, -0.05) is 69.3 Å². The van der Waals surface area contributed by atoms with Crippen LogP contribution in [-0.2, 0) is 36.6 Å². The van der Waals surface area contributed by atoms with E-state index in [9.17, 15) is 42.7 Å². The number of rotatable bonds is 17. The van der Waals surface area contributed by atoms with Gasteiger partial charge in [-0.05, 0) is 123 Å². The average molecular weight is 1040 g/mol. The number of nitrogens with zero attached hydrogens (tertiary/aromatic N) is 5. The van der Waals surface area contributed by atoms with Crippen molar-refractivity contribution in [1.82, 2.24) is 20.5 Å². The fraction of sp³-hybridized carbons (Fsp3) is 0.389. The highest BCUT2D eigenvalue weighted by Crippen LogP contribution is 2.40. The second-order valence-corrected chi connectivity index (χ2v) is 21.0. The van der Waals surface area contributed by atoms with E-state index in [1.165, 1.54) is 11.0 Å². The third-order valence-corrected chi connectivity index (χ3v) is 14.2. The van der Waals surface area contributed by atoms with Crippen molar-refractivity contribution in [3.05, 3.63) is 119 Å². The summed E-state index contributed by atoms with van der Waals surface area (Å²) in [7, 11) is 0. The molecule has 3 heterocycles. The fourth-order valence-electron chi connectivity index (χ4n) is 8.90. The Labute approximate surface area is 432 Å². The van der Waals surface area contributed by atoms with Gasteiger partial charge in [-0.15, -0.1) is 11.3 Å². The highest BCUT2D eigenvalue weighted by molar-refractivity contribution is 7.81. The minimum atomic E-state index is -4.81. The van der Waals surface area contributed by atoms with Crippen molar-refractivity contribution in [3.8, 4) is 33.4 Å². The molecule has 0 radical (unpaired) electrons. The van der Waals surface area contributed by atoms with E-state index in [1.807, 2.05) is 95.3 Å². The fourth-order valence-corrected chi connectivity index (χ4v) is 10.2. The Bertz CT molecular complexity index is 2880. The van der Waals surface area contributed by atoms with E-state index < -0.39 is 64.2 Å². The Morgan fingerprint density at radius 2 is 1.60 bits per heavy atom. The molecule has 7 rings (SSSR count). The van der Waals surface area contributed by atoms with Gasteiger partial charge in [-0.2, -0.15) is 18.4 Å². The number of halogens is 3. The van der Waals surface area contributed by atoms with E-state index in [0.717, 1.165) is 49.9 Å². The number of likely N-dealkylation sites (tertiary alicyclic amines) is 1. The highest BCUT2D eigenvalue weighted by Gasteiger charge is 2.51. The summed E-state index contributed by atoms with van der Waals surface area (Å²) in [5.41, 5.74) is 3.21. The molecule has 2 saturated heterocycles. The van der Waals surface area contributed by atoms with Gasteiger partial charge in [0.25, 0.3) is 5.91 Å². The van der Waals surface area contributed by atoms with Crippen LogP contribution in [0.1, 0.15) is 83.2 Å². The number of hydrogen-bond acceptors (Lipinski definition) is 11. The highest BCUT2D eigenvalue weighted by atomic mass is 32.1. The SMILES string of the molecule is Cc1ncsc1-c1ccc(CNC(=O)[C@@H]2C[C@@H](O)CN2C(=O)[C@@H](NC(=O)COCCC[C@H](C)Oc2ccc(-c3ccc(N4C(=S)N(c5ccc(C#N)c(C(F)(F)F)c5)C(=O)C4(C)C)cc3)cc2)C(C)(C)C)cc1. The number of aromatic nitrogens is 1. The van der Waals surface area contributed by atoms with Crippen LogP contribution in [0.2, 0.25) is 0 Å². The first-order chi connectivity index (χ1) is 34.5. The summed E-state index contributed by atoms with van der Waals surface area (Å²) in [5.74, 6) is -1.21. The van der Waals surface area contributed by atoms with E-state index in [1.54, 1.807) is 53.8 Å². The summed E-state index contributed by atoms with van der Waals surface area (Å²) in [6, 6.07) is 25.3. The van der Waals surface area contributed by atoms with Gasteiger partial charge >= 0.3 is 6.18 Å². The summed E-state index contributed by atoms with van der Waals surface area (Å²) in [6.45, 7) is 12.8. The molecule has 2 aliphatic heterocycles. The van der Waals surface area contributed by atoms with E-state index in [0.29, 0.717) is 24.3 Å². The van der Waals surface area contributed by atoms with Gasteiger partial charge in [-0.3, -0.25) is 24.1 Å². The minimum absolute atomic E-state index is 0.00214. The number of ether oxygens (including phenoxy) is 2. The number of aryl methyl sites for hydroxylation is 1. The van der Waals surface area contributed by atoms with Crippen molar-refractivity contribution in [3.63, 3.8) is 0 Å². The summed E-state index contributed by atoms with van der Waals surface area (Å²) in [4.78, 5) is 63.7.